The first-order valence-corrected chi connectivity index (χ1v) is 7.58. The zero-order valence-electron chi connectivity index (χ0n) is 10.9. The normalized spacial score (nSPS) is 10.5. The average Bonchev–Trinajstić information content (AvgIpc) is 2.83. The Morgan fingerprint density at radius 2 is 2.16 bits per heavy atom. The molecule has 0 bridgehead atoms. The summed E-state index contributed by atoms with van der Waals surface area (Å²) in [4.78, 5) is 1.18. The summed E-state index contributed by atoms with van der Waals surface area (Å²) >= 11 is 5.19. The maximum atomic E-state index is 5.92. The van der Waals surface area contributed by atoms with Crippen LogP contribution < -0.4 is 14.8 Å². The molecule has 2 rings (SSSR count). The Morgan fingerprint density at radius 1 is 1.32 bits per heavy atom. The van der Waals surface area contributed by atoms with Crippen molar-refractivity contribution in [2.24, 2.45) is 0 Å². The molecule has 102 valence electrons. The van der Waals surface area contributed by atoms with Crippen molar-refractivity contribution in [2.75, 3.05) is 14.2 Å². The highest BCUT2D eigenvalue weighted by Crippen LogP contribution is 2.28. The summed E-state index contributed by atoms with van der Waals surface area (Å²) in [6.07, 6.45) is 0. The molecule has 1 aromatic carbocycles. The van der Waals surface area contributed by atoms with Crippen LogP contribution in [0.25, 0.3) is 0 Å². The van der Waals surface area contributed by atoms with Crippen molar-refractivity contribution in [1.82, 2.24) is 5.32 Å². The predicted octanol–water partition coefficient (Wildman–Crippen LogP) is 3.82. The van der Waals surface area contributed by atoms with Crippen molar-refractivity contribution in [3.8, 4) is 11.5 Å². The number of nitrogens with one attached hydrogen (secondary N) is 1. The number of benzene rings is 1. The second-order valence-corrected chi connectivity index (χ2v) is 5.84. The van der Waals surface area contributed by atoms with Gasteiger partial charge in [-0.05, 0) is 40.5 Å². The van der Waals surface area contributed by atoms with Crippen molar-refractivity contribution in [3.05, 3.63) is 44.6 Å². The molecule has 0 aliphatic heterocycles. The zero-order chi connectivity index (χ0) is 13.7. The second kappa shape index (κ2) is 6.93. The van der Waals surface area contributed by atoms with Crippen molar-refractivity contribution < 1.29 is 9.47 Å². The first kappa shape index (κ1) is 14.4. The summed E-state index contributed by atoms with van der Waals surface area (Å²) in [6.45, 7) is 1.33. The molecule has 0 amide bonds. The highest BCUT2D eigenvalue weighted by Gasteiger charge is 2.08. The smallest absolute Gasteiger partial charge is 0.128 e. The van der Waals surface area contributed by atoms with Crippen LogP contribution in [0.5, 0.6) is 11.5 Å². The van der Waals surface area contributed by atoms with Gasteiger partial charge in [-0.2, -0.15) is 0 Å². The fourth-order valence-corrected chi connectivity index (χ4v) is 3.08. The fourth-order valence-electron chi connectivity index (χ4n) is 1.70. The minimum absolute atomic E-state index is 0.558. The molecule has 0 saturated heterocycles. The summed E-state index contributed by atoms with van der Waals surface area (Å²) in [7, 11) is 3.58. The average molecular weight is 342 g/mol. The van der Waals surface area contributed by atoms with E-state index in [9.17, 15) is 0 Å². The van der Waals surface area contributed by atoms with Crippen LogP contribution in [0.1, 0.15) is 10.4 Å². The van der Waals surface area contributed by atoms with Crippen LogP contribution in [0, 0.1) is 0 Å². The third-order valence-electron chi connectivity index (χ3n) is 2.69. The third kappa shape index (κ3) is 3.72. The van der Waals surface area contributed by atoms with Gasteiger partial charge in [0.15, 0.2) is 0 Å². The van der Waals surface area contributed by atoms with Crippen molar-refractivity contribution >= 4 is 27.3 Å². The molecule has 1 N–H and O–H groups in total. The van der Waals surface area contributed by atoms with Crippen LogP contribution in [-0.4, -0.2) is 14.2 Å². The minimum Gasteiger partial charge on any atom is -0.497 e. The fraction of sp³-hybridized carbons (Fsp3) is 0.286. The number of hydrogen-bond donors (Lipinski definition) is 1. The van der Waals surface area contributed by atoms with E-state index in [0.717, 1.165) is 28.1 Å². The molecule has 5 heteroatoms. The molecule has 0 unspecified atom stereocenters. The van der Waals surface area contributed by atoms with Crippen molar-refractivity contribution in [2.45, 2.75) is 13.2 Å². The Morgan fingerprint density at radius 3 is 2.79 bits per heavy atom. The van der Waals surface area contributed by atoms with Gasteiger partial charge in [0, 0.05) is 22.6 Å². The molecule has 0 aliphatic rings. The molecule has 0 aliphatic carbocycles. The number of hydrogen-bond acceptors (Lipinski definition) is 4. The van der Waals surface area contributed by atoms with Gasteiger partial charge in [-0.25, -0.2) is 0 Å². The molecule has 0 spiro atoms. The molecular weight excluding hydrogens is 326 g/mol. The van der Waals surface area contributed by atoms with Gasteiger partial charge in [0.25, 0.3) is 0 Å². The lowest BCUT2D eigenvalue weighted by Crippen LogP contribution is -2.07. The third-order valence-corrected chi connectivity index (χ3v) is 4.59. The Labute approximate surface area is 125 Å². The maximum absolute atomic E-state index is 5.92. The SMILES string of the molecule is CNCc1ccc(OC)cc1OCc1sccc1Br. The summed E-state index contributed by atoms with van der Waals surface area (Å²) in [6, 6.07) is 7.92. The maximum Gasteiger partial charge on any atom is 0.128 e. The van der Waals surface area contributed by atoms with Crippen LogP contribution in [0.15, 0.2) is 34.1 Å². The standard InChI is InChI=1S/C14H16BrNO2S/c1-16-8-10-3-4-11(17-2)7-13(10)18-9-14-12(15)5-6-19-14/h3-7,16H,8-9H2,1-2H3. The molecule has 0 saturated carbocycles. The van der Waals surface area contributed by atoms with Crippen molar-refractivity contribution in [3.63, 3.8) is 0 Å². The van der Waals surface area contributed by atoms with E-state index in [1.807, 2.05) is 36.7 Å². The molecule has 0 fully saturated rings. The highest BCUT2D eigenvalue weighted by molar-refractivity contribution is 9.10. The lowest BCUT2D eigenvalue weighted by atomic mass is 10.2. The van der Waals surface area contributed by atoms with E-state index in [2.05, 4.69) is 21.2 Å². The molecule has 2 aromatic rings. The van der Waals surface area contributed by atoms with Crippen LogP contribution in [-0.2, 0) is 13.2 Å². The lowest BCUT2D eigenvalue weighted by Gasteiger charge is -2.12. The second-order valence-electron chi connectivity index (χ2n) is 3.98. The van der Waals surface area contributed by atoms with Crippen LogP contribution in [0.3, 0.4) is 0 Å². The monoisotopic (exact) mass is 341 g/mol. The zero-order valence-corrected chi connectivity index (χ0v) is 13.3. The number of ether oxygens (including phenoxy) is 2. The molecule has 1 heterocycles. The van der Waals surface area contributed by atoms with Gasteiger partial charge >= 0.3 is 0 Å². The first-order valence-electron chi connectivity index (χ1n) is 5.90. The summed E-state index contributed by atoms with van der Waals surface area (Å²) < 4.78 is 12.3. The van der Waals surface area contributed by atoms with Gasteiger partial charge in [0.1, 0.15) is 18.1 Å². The van der Waals surface area contributed by atoms with Crippen LogP contribution in [0.2, 0.25) is 0 Å². The Bertz CT molecular complexity index is 542. The number of halogens is 1. The van der Waals surface area contributed by atoms with Crippen molar-refractivity contribution in [1.29, 1.82) is 0 Å². The van der Waals surface area contributed by atoms with Gasteiger partial charge in [-0.3, -0.25) is 0 Å². The van der Waals surface area contributed by atoms with Crippen LogP contribution >= 0.6 is 27.3 Å². The quantitative estimate of drug-likeness (QED) is 0.866. The number of methoxy groups -OCH3 is 1. The molecule has 0 radical (unpaired) electrons. The topological polar surface area (TPSA) is 30.5 Å². The first-order chi connectivity index (χ1) is 9.24. The van der Waals surface area contributed by atoms with Gasteiger partial charge < -0.3 is 14.8 Å². The number of thiophene rings is 1. The van der Waals surface area contributed by atoms with Gasteiger partial charge in [0.05, 0.1) is 12.0 Å². The molecule has 0 atom stereocenters. The minimum atomic E-state index is 0.558. The Kier molecular flexibility index (Phi) is 5.24. The van der Waals surface area contributed by atoms with E-state index in [4.69, 9.17) is 9.47 Å². The summed E-state index contributed by atoms with van der Waals surface area (Å²) in [5, 5.41) is 5.18. The van der Waals surface area contributed by atoms with E-state index < -0.39 is 0 Å². The summed E-state index contributed by atoms with van der Waals surface area (Å²) in [5.41, 5.74) is 1.12. The lowest BCUT2D eigenvalue weighted by molar-refractivity contribution is 0.302. The summed E-state index contributed by atoms with van der Waals surface area (Å²) in [5.74, 6) is 1.66. The van der Waals surface area contributed by atoms with Crippen LogP contribution in [0.4, 0.5) is 0 Å². The predicted molar refractivity (Wildman–Crippen MR) is 82.1 cm³/mol. The Hall–Kier alpha value is -1.04. The largest absolute Gasteiger partial charge is 0.497 e. The van der Waals surface area contributed by atoms with Gasteiger partial charge in [-0.1, -0.05) is 6.07 Å². The Balaban J connectivity index is 2.15. The van der Waals surface area contributed by atoms with E-state index >= 15 is 0 Å². The van der Waals surface area contributed by atoms with E-state index in [0.29, 0.717) is 6.61 Å². The van der Waals surface area contributed by atoms with Gasteiger partial charge in [0.2, 0.25) is 0 Å². The number of rotatable bonds is 6. The van der Waals surface area contributed by atoms with E-state index in [1.165, 1.54) is 4.88 Å². The molecule has 19 heavy (non-hydrogen) atoms. The molecule has 1 aromatic heterocycles. The molecule has 3 nitrogen and oxygen atoms in total. The molecular formula is C14H16BrNO2S. The van der Waals surface area contributed by atoms with E-state index in [1.54, 1.807) is 18.4 Å². The highest BCUT2D eigenvalue weighted by atomic mass is 79.9. The van der Waals surface area contributed by atoms with Gasteiger partial charge in [-0.15, -0.1) is 11.3 Å². The van der Waals surface area contributed by atoms with E-state index in [-0.39, 0.29) is 0 Å².